The predicted molar refractivity (Wildman–Crippen MR) is 71.0 cm³/mol. The van der Waals surface area contributed by atoms with Crippen molar-refractivity contribution in [1.29, 1.82) is 0 Å². The second kappa shape index (κ2) is 10.8. The van der Waals surface area contributed by atoms with Gasteiger partial charge in [-0.1, -0.05) is 0 Å². The first-order valence-corrected chi connectivity index (χ1v) is 6.52. The number of carboxylic acid groups (broad SMARTS) is 1. The van der Waals surface area contributed by atoms with E-state index in [0.29, 0.717) is 39.0 Å². The van der Waals surface area contributed by atoms with E-state index < -0.39 is 5.97 Å². The van der Waals surface area contributed by atoms with Crippen LogP contribution in [0.1, 0.15) is 32.6 Å². The van der Waals surface area contributed by atoms with E-state index in [0.717, 1.165) is 0 Å². The maximum Gasteiger partial charge on any atom is 0.303 e. The summed E-state index contributed by atoms with van der Waals surface area (Å²) in [4.78, 5) is 24.2. The molecule has 0 saturated heterocycles. The molecule has 1 atom stereocenters. The van der Waals surface area contributed by atoms with Crippen molar-refractivity contribution < 1.29 is 24.2 Å². The fraction of sp³-hybridized carbons (Fsp3) is 0.846. The summed E-state index contributed by atoms with van der Waals surface area (Å²) in [6, 6.07) is -0.00729. The number of methoxy groups -OCH3 is 2. The van der Waals surface area contributed by atoms with Gasteiger partial charge in [0.05, 0.1) is 19.3 Å². The fourth-order valence-corrected chi connectivity index (χ4v) is 1.81. The summed E-state index contributed by atoms with van der Waals surface area (Å²) in [5.41, 5.74) is 0. The molecule has 1 unspecified atom stereocenters. The second-order valence-electron chi connectivity index (χ2n) is 4.49. The summed E-state index contributed by atoms with van der Waals surface area (Å²) in [7, 11) is 3.19. The summed E-state index contributed by atoms with van der Waals surface area (Å²) in [5.74, 6) is -0.802. The average Bonchev–Trinajstić information content (AvgIpc) is 2.35. The molecule has 112 valence electrons. The smallest absolute Gasteiger partial charge is 0.303 e. The summed E-state index contributed by atoms with van der Waals surface area (Å²) in [5, 5.41) is 8.53. The number of carbonyl (C=O) groups excluding carboxylic acids is 1. The minimum atomic E-state index is -0.823. The Bertz CT molecular complexity index is 270. The first-order chi connectivity index (χ1) is 9.02. The van der Waals surface area contributed by atoms with E-state index in [4.69, 9.17) is 14.6 Å². The number of aliphatic carboxylic acids is 1. The summed E-state index contributed by atoms with van der Waals surface area (Å²) in [6.45, 7) is 3.41. The number of hydrogen-bond donors (Lipinski definition) is 1. The van der Waals surface area contributed by atoms with E-state index in [1.54, 1.807) is 19.1 Å². The molecule has 0 saturated carbocycles. The third-order valence-corrected chi connectivity index (χ3v) is 2.83. The van der Waals surface area contributed by atoms with E-state index in [1.807, 2.05) is 6.92 Å². The van der Waals surface area contributed by atoms with E-state index in [-0.39, 0.29) is 18.4 Å². The molecule has 0 spiro atoms. The van der Waals surface area contributed by atoms with Crippen molar-refractivity contribution in [3.05, 3.63) is 0 Å². The molecule has 1 N–H and O–H groups in total. The molecule has 0 fully saturated rings. The van der Waals surface area contributed by atoms with Gasteiger partial charge in [0.25, 0.3) is 0 Å². The minimum Gasteiger partial charge on any atom is -0.481 e. The van der Waals surface area contributed by atoms with E-state index >= 15 is 0 Å². The van der Waals surface area contributed by atoms with Crippen LogP contribution < -0.4 is 0 Å². The topological polar surface area (TPSA) is 76.1 Å². The van der Waals surface area contributed by atoms with Crippen molar-refractivity contribution >= 4 is 11.9 Å². The van der Waals surface area contributed by atoms with Crippen LogP contribution in [0.5, 0.6) is 0 Å². The lowest BCUT2D eigenvalue weighted by atomic mass is 10.1. The number of unbranched alkanes of at least 4 members (excludes halogenated alkanes) is 1. The van der Waals surface area contributed by atoms with E-state index in [1.165, 1.54) is 0 Å². The van der Waals surface area contributed by atoms with Gasteiger partial charge in [0.2, 0.25) is 5.91 Å². The van der Waals surface area contributed by atoms with Crippen LogP contribution in [0.2, 0.25) is 0 Å². The number of nitrogens with zero attached hydrogens (tertiary/aromatic N) is 1. The lowest BCUT2D eigenvalue weighted by Crippen LogP contribution is -2.42. The van der Waals surface area contributed by atoms with Crippen LogP contribution in [0.25, 0.3) is 0 Å². The van der Waals surface area contributed by atoms with Gasteiger partial charge in [0.15, 0.2) is 0 Å². The van der Waals surface area contributed by atoms with Gasteiger partial charge in [-0.2, -0.15) is 0 Å². The summed E-state index contributed by atoms with van der Waals surface area (Å²) in [6.07, 6.45) is 1.59. The van der Waals surface area contributed by atoms with Crippen molar-refractivity contribution in [2.24, 2.45) is 0 Å². The van der Waals surface area contributed by atoms with Crippen LogP contribution in [0, 0.1) is 0 Å². The Hall–Kier alpha value is -1.14. The van der Waals surface area contributed by atoms with Gasteiger partial charge < -0.3 is 19.5 Å². The zero-order chi connectivity index (χ0) is 14.7. The standard InChI is InChI=1S/C13H25NO5/c1-11(10-19-3)14(8-9-18-2)12(15)6-4-5-7-13(16)17/h11H,4-10H2,1-3H3,(H,16,17). The highest BCUT2D eigenvalue weighted by atomic mass is 16.5. The normalized spacial score (nSPS) is 12.2. The minimum absolute atomic E-state index is 0.00729. The van der Waals surface area contributed by atoms with Crippen molar-refractivity contribution in [3.8, 4) is 0 Å². The monoisotopic (exact) mass is 275 g/mol. The number of hydrogen-bond acceptors (Lipinski definition) is 4. The maximum absolute atomic E-state index is 12.1. The molecule has 0 aliphatic carbocycles. The van der Waals surface area contributed by atoms with E-state index in [2.05, 4.69) is 0 Å². The first-order valence-electron chi connectivity index (χ1n) is 6.52. The molecular weight excluding hydrogens is 250 g/mol. The molecule has 0 heterocycles. The fourth-order valence-electron chi connectivity index (χ4n) is 1.81. The van der Waals surface area contributed by atoms with Gasteiger partial charge in [-0.25, -0.2) is 0 Å². The third kappa shape index (κ3) is 8.56. The Morgan fingerprint density at radius 3 is 2.32 bits per heavy atom. The van der Waals surface area contributed by atoms with Gasteiger partial charge in [-0.05, 0) is 19.8 Å². The number of ether oxygens (including phenoxy) is 2. The summed E-state index contributed by atoms with van der Waals surface area (Å²) >= 11 is 0. The van der Waals surface area contributed by atoms with Crippen molar-refractivity contribution in [3.63, 3.8) is 0 Å². The molecule has 0 aliphatic rings. The van der Waals surface area contributed by atoms with Gasteiger partial charge >= 0.3 is 5.97 Å². The number of amides is 1. The van der Waals surface area contributed by atoms with Crippen molar-refractivity contribution in [1.82, 2.24) is 4.90 Å². The molecular formula is C13H25NO5. The SMILES string of the molecule is COCCN(C(=O)CCCCC(=O)O)C(C)COC. The van der Waals surface area contributed by atoms with Crippen LogP contribution in [0.15, 0.2) is 0 Å². The Labute approximate surface area is 114 Å². The quantitative estimate of drug-likeness (QED) is 0.572. The van der Waals surface area contributed by atoms with Crippen molar-refractivity contribution in [2.45, 2.75) is 38.6 Å². The van der Waals surface area contributed by atoms with Crippen LogP contribution in [0.4, 0.5) is 0 Å². The number of carbonyl (C=O) groups is 2. The molecule has 6 nitrogen and oxygen atoms in total. The lowest BCUT2D eigenvalue weighted by molar-refractivity contribution is -0.138. The highest BCUT2D eigenvalue weighted by Gasteiger charge is 2.19. The van der Waals surface area contributed by atoms with Crippen LogP contribution in [0.3, 0.4) is 0 Å². The maximum atomic E-state index is 12.1. The molecule has 1 amide bonds. The predicted octanol–water partition coefficient (Wildman–Crippen LogP) is 1.14. The molecule has 6 heteroatoms. The lowest BCUT2D eigenvalue weighted by Gasteiger charge is -2.28. The van der Waals surface area contributed by atoms with Gasteiger partial charge in [0, 0.05) is 33.6 Å². The first kappa shape index (κ1) is 17.9. The van der Waals surface area contributed by atoms with E-state index in [9.17, 15) is 9.59 Å². The molecule has 0 aliphatic heterocycles. The van der Waals surface area contributed by atoms with Crippen LogP contribution in [-0.2, 0) is 19.1 Å². The highest BCUT2D eigenvalue weighted by Crippen LogP contribution is 2.07. The Balaban J connectivity index is 4.17. The number of rotatable bonds is 11. The molecule has 0 bridgehead atoms. The molecule has 0 aromatic rings. The largest absolute Gasteiger partial charge is 0.481 e. The zero-order valence-corrected chi connectivity index (χ0v) is 12.1. The highest BCUT2D eigenvalue weighted by molar-refractivity contribution is 5.76. The van der Waals surface area contributed by atoms with Gasteiger partial charge in [-0.3, -0.25) is 9.59 Å². The Morgan fingerprint density at radius 1 is 1.16 bits per heavy atom. The second-order valence-corrected chi connectivity index (χ2v) is 4.49. The Kier molecular flexibility index (Phi) is 10.1. The van der Waals surface area contributed by atoms with Gasteiger partial charge in [0.1, 0.15) is 0 Å². The molecule has 19 heavy (non-hydrogen) atoms. The van der Waals surface area contributed by atoms with Gasteiger partial charge in [-0.15, -0.1) is 0 Å². The molecule has 0 radical (unpaired) electrons. The summed E-state index contributed by atoms with van der Waals surface area (Å²) < 4.78 is 10.1. The molecule has 0 aromatic heterocycles. The van der Waals surface area contributed by atoms with Crippen LogP contribution in [-0.4, -0.2) is 61.9 Å². The number of carboxylic acids is 1. The average molecular weight is 275 g/mol. The Morgan fingerprint density at radius 2 is 1.79 bits per heavy atom. The zero-order valence-electron chi connectivity index (χ0n) is 12.1. The molecule has 0 aromatic carbocycles. The molecule has 0 rings (SSSR count). The third-order valence-electron chi connectivity index (χ3n) is 2.83. The van der Waals surface area contributed by atoms with Crippen molar-refractivity contribution in [2.75, 3.05) is 34.0 Å². The van der Waals surface area contributed by atoms with Crippen LogP contribution >= 0.6 is 0 Å².